The van der Waals surface area contributed by atoms with Gasteiger partial charge in [0.25, 0.3) is 0 Å². The molecule has 7 nitrogen and oxygen atoms in total. The second kappa shape index (κ2) is 11.6. The van der Waals surface area contributed by atoms with Crippen LogP contribution in [-0.2, 0) is 17.8 Å². The molecular formula is C25H27F2N5O2. The van der Waals surface area contributed by atoms with Crippen LogP contribution in [0.5, 0.6) is 6.01 Å². The first-order valence-corrected chi connectivity index (χ1v) is 11.3. The van der Waals surface area contributed by atoms with Crippen LogP contribution in [0.2, 0.25) is 0 Å². The Morgan fingerprint density at radius 1 is 1.09 bits per heavy atom. The second-order valence-electron chi connectivity index (χ2n) is 8.08. The number of hydrogen-bond acceptors (Lipinski definition) is 6. The zero-order valence-electron chi connectivity index (χ0n) is 18.8. The molecule has 1 saturated heterocycles. The zero-order valence-corrected chi connectivity index (χ0v) is 18.8. The average Bonchev–Trinajstić information content (AvgIpc) is 2.84. The Balaban J connectivity index is 1.28. The van der Waals surface area contributed by atoms with Gasteiger partial charge in [0.1, 0.15) is 12.4 Å². The maximum atomic E-state index is 14.6. The highest BCUT2D eigenvalue weighted by Gasteiger charge is 2.13. The molecule has 0 spiro atoms. The van der Waals surface area contributed by atoms with Crippen LogP contribution in [0.4, 0.5) is 8.78 Å². The maximum absolute atomic E-state index is 14.6. The molecule has 2 N–H and O–H groups in total. The first-order chi connectivity index (χ1) is 16.6. The number of carbonyl (C=O) groups excluding carboxylic acids is 1. The maximum Gasteiger partial charge on any atom is 0.319 e. The number of piperazine rings is 1. The van der Waals surface area contributed by atoms with Gasteiger partial charge < -0.3 is 15.4 Å². The third-order valence-corrected chi connectivity index (χ3v) is 5.58. The quantitative estimate of drug-likeness (QED) is 0.471. The van der Waals surface area contributed by atoms with Crippen molar-refractivity contribution in [2.24, 2.45) is 0 Å². The fraction of sp³-hybridized carbons (Fsp3) is 0.320. The van der Waals surface area contributed by atoms with E-state index in [-0.39, 0.29) is 36.3 Å². The van der Waals surface area contributed by atoms with Crippen molar-refractivity contribution in [1.82, 2.24) is 25.5 Å². The molecule has 1 aliphatic rings. The molecule has 9 heteroatoms. The Bertz CT molecular complexity index is 1100. The Morgan fingerprint density at radius 3 is 2.62 bits per heavy atom. The highest BCUT2D eigenvalue weighted by atomic mass is 19.1. The van der Waals surface area contributed by atoms with Crippen LogP contribution >= 0.6 is 0 Å². The van der Waals surface area contributed by atoms with Crippen LogP contribution in [0, 0.1) is 11.8 Å². The molecule has 1 aliphatic heterocycles. The van der Waals surface area contributed by atoms with Gasteiger partial charge in [0.05, 0.1) is 12.0 Å². The molecule has 1 fully saturated rings. The molecule has 2 aromatic carbocycles. The molecule has 0 radical (unpaired) electrons. The minimum Gasteiger partial charge on any atom is -0.462 e. The summed E-state index contributed by atoms with van der Waals surface area (Å²) in [5.74, 6) is -1.19. The molecule has 2 heterocycles. The monoisotopic (exact) mass is 467 g/mol. The first kappa shape index (κ1) is 23.7. The van der Waals surface area contributed by atoms with Crippen molar-refractivity contribution in [1.29, 1.82) is 0 Å². The molecule has 1 aromatic heterocycles. The SMILES string of the molecule is O=C(Cc1ccc(-c2cnc(OCCN3CCNCC3)nc2F)cc1)NCc1cccc(F)c1. The summed E-state index contributed by atoms with van der Waals surface area (Å²) in [7, 11) is 0. The van der Waals surface area contributed by atoms with E-state index in [4.69, 9.17) is 4.74 Å². The first-order valence-electron chi connectivity index (χ1n) is 11.3. The normalized spacial score (nSPS) is 14.1. The molecule has 3 aromatic rings. The van der Waals surface area contributed by atoms with Crippen molar-refractivity contribution in [3.05, 3.63) is 77.6 Å². The van der Waals surface area contributed by atoms with Gasteiger partial charge >= 0.3 is 6.01 Å². The molecule has 34 heavy (non-hydrogen) atoms. The third-order valence-electron chi connectivity index (χ3n) is 5.58. The van der Waals surface area contributed by atoms with Crippen LogP contribution < -0.4 is 15.4 Å². The Morgan fingerprint density at radius 2 is 1.88 bits per heavy atom. The van der Waals surface area contributed by atoms with Crippen molar-refractivity contribution in [2.75, 3.05) is 39.3 Å². The van der Waals surface area contributed by atoms with Gasteiger partial charge in [-0.3, -0.25) is 9.69 Å². The average molecular weight is 468 g/mol. The number of aromatic nitrogens is 2. The van der Waals surface area contributed by atoms with Gasteiger partial charge in [-0.05, 0) is 28.8 Å². The van der Waals surface area contributed by atoms with Crippen LogP contribution in [0.3, 0.4) is 0 Å². The van der Waals surface area contributed by atoms with E-state index in [1.165, 1.54) is 18.3 Å². The van der Waals surface area contributed by atoms with E-state index in [9.17, 15) is 13.6 Å². The second-order valence-corrected chi connectivity index (χ2v) is 8.08. The lowest BCUT2D eigenvalue weighted by molar-refractivity contribution is -0.120. The number of amides is 1. The van der Waals surface area contributed by atoms with Crippen molar-refractivity contribution in [3.63, 3.8) is 0 Å². The van der Waals surface area contributed by atoms with E-state index < -0.39 is 5.95 Å². The van der Waals surface area contributed by atoms with Crippen molar-refractivity contribution >= 4 is 5.91 Å². The molecule has 0 atom stereocenters. The molecule has 1 amide bonds. The van der Waals surface area contributed by atoms with Gasteiger partial charge in [-0.1, -0.05) is 36.4 Å². The highest BCUT2D eigenvalue weighted by Crippen LogP contribution is 2.23. The molecular weight excluding hydrogens is 440 g/mol. The summed E-state index contributed by atoms with van der Waals surface area (Å²) < 4.78 is 33.3. The van der Waals surface area contributed by atoms with Crippen LogP contribution in [-0.4, -0.2) is 60.1 Å². The molecule has 0 saturated carbocycles. The van der Waals surface area contributed by atoms with Gasteiger partial charge in [-0.2, -0.15) is 9.37 Å². The largest absolute Gasteiger partial charge is 0.462 e. The van der Waals surface area contributed by atoms with E-state index in [2.05, 4.69) is 25.5 Å². The van der Waals surface area contributed by atoms with Gasteiger partial charge in [-0.15, -0.1) is 0 Å². The van der Waals surface area contributed by atoms with Gasteiger partial charge in [0.2, 0.25) is 11.9 Å². The smallest absolute Gasteiger partial charge is 0.319 e. The van der Waals surface area contributed by atoms with E-state index >= 15 is 0 Å². The van der Waals surface area contributed by atoms with Crippen molar-refractivity contribution in [3.8, 4) is 17.1 Å². The fourth-order valence-corrected chi connectivity index (χ4v) is 3.71. The van der Waals surface area contributed by atoms with E-state index in [1.54, 1.807) is 36.4 Å². The highest BCUT2D eigenvalue weighted by molar-refractivity contribution is 5.78. The topological polar surface area (TPSA) is 79.4 Å². The van der Waals surface area contributed by atoms with Crippen LogP contribution in [0.15, 0.2) is 54.7 Å². The van der Waals surface area contributed by atoms with Crippen LogP contribution in [0.1, 0.15) is 11.1 Å². The number of nitrogens with zero attached hydrogens (tertiary/aromatic N) is 3. The standard InChI is InChI=1S/C25H27F2N5O2/c26-21-3-1-2-19(14-21)16-29-23(33)15-18-4-6-20(7-5-18)22-17-30-25(31-24(22)27)34-13-12-32-10-8-28-9-11-32/h1-7,14,17,28H,8-13,15-16H2,(H,29,33). The molecule has 0 aliphatic carbocycles. The van der Waals surface area contributed by atoms with Gasteiger partial charge in [-0.25, -0.2) is 9.37 Å². The minimum absolute atomic E-state index is 0.0166. The number of halogens is 2. The summed E-state index contributed by atoms with van der Waals surface area (Å²) in [6, 6.07) is 13.1. The van der Waals surface area contributed by atoms with Gasteiger partial charge in [0.15, 0.2) is 0 Å². The number of nitrogens with one attached hydrogen (secondary N) is 2. The van der Waals surface area contributed by atoms with Gasteiger partial charge in [0, 0.05) is 45.5 Å². The summed E-state index contributed by atoms with van der Waals surface area (Å²) >= 11 is 0. The number of benzene rings is 2. The number of rotatable bonds is 9. The van der Waals surface area contributed by atoms with Crippen molar-refractivity contribution < 1.29 is 18.3 Å². The lowest BCUT2D eigenvalue weighted by atomic mass is 10.0. The third kappa shape index (κ3) is 6.79. The Labute approximate surface area is 197 Å². The summed E-state index contributed by atoms with van der Waals surface area (Å²) in [5.41, 5.74) is 2.33. The number of hydrogen-bond donors (Lipinski definition) is 2. The fourth-order valence-electron chi connectivity index (χ4n) is 3.71. The summed E-state index contributed by atoms with van der Waals surface area (Å²) in [4.78, 5) is 22.4. The lowest BCUT2D eigenvalue weighted by Gasteiger charge is -2.26. The lowest BCUT2D eigenvalue weighted by Crippen LogP contribution is -2.44. The summed E-state index contributed by atoms with van der Waals surface area (Å²) in [6.07, 6.45) is 1.57. The molecule has 0 unspecified atom stereocenters. The molecule has 178 valence electrons. The summed E-state index contributed by atoms with van der Waals surface area (Å²) in [6.45, 7) is 5.22. The zero-order chi connectivity index (χ0) is 23.8. The number of ether oxygens (including phenoxy) is 1. The van der Waals surface area contributed by atoms with E-state index in [0.717, 1.165) is 38.3 Å². The number of carbonyl (C=O) groups is 1. The predicted molar refractivity (Wildman–Crippen MR) is 124 cm³/mol. The Kier molecular flexibility index (Phi) is 8.11. The minimum atomic E-state index is -0.659. The van der Waals surface area contributed by atoms with E-state index in [1.807, 2.05) is 0 Å². The molecule has 0 bridgehead atoms. The summed E-state index contributed by atoms with van der Waals surface area (Å²) in [5, 5.41) is 6.06. The van der Waals surface area contributed by atoms with E-state index in [0.29, 0.717) is 17.7 Å². The predicted octanol–water partition coefficient (Wildman–Crippen LogP) is 2.56. The van der Waals surface area contributed by atoms with Crippen molar-refractivity contribution in [2.45, 2.75) is 13.0 Å². The Hall–Kier alpha value is -3.43. The molecule has 4 rings (SSSR count). The van der Waals surface area contributed by atoms with Crippen LogP contribution in [0.25, 0.3) is 11.1 Å².